The Kier molecular flexibility index (Phi) is 5.99. The molecule has 1 unspecified atom stereocenters. The molecule has 2 amide bonds. The van der Waals surface area contributed by atoms with Crippen LogP contribution in [0.1, 0.15) is 42.5 Å². The van der Waals surface area contributed by atoms with E-state index in [9.17, 15) is 9.59 Å². The minimum Gasteiger partial charge on any atom is -0.497 e. The number of hydrogen-bond acceptors (Lipinski definition) is 3. The lowest BCUT2D eigenvalue weighted by atomic mass is 9.95. The summed E-state index contributed by atoms with van der Waals surface area (Å²) in [6, 6.07) is 22.2. The van der Waals surface area contributed by atoms with E-state index < -0.39 is 6.04 Å². The second kappa shape index (κ2) is 8.87. The standard InChI is InChI=1S/C27H28N2O3/c1-18(2)20-9-11-21(12-10-20)26-27(31)28(24-8-6-5-7-19(24)3)17-25(30)29(26)22-13-15-23(32-4)16-14-22/h5-16,18,26H,17H2,1-4H3. The van der Waals surface area contributed by atoms with Crippen molar-refractivity contribution in [1.29, 1.82) is 0 Å². The van der Waals surface area contributed by atoms with E-state index in [1.54, 1.807) is 29.0 Å². The number of amides is 2. The molecule has 0 radical (unpaired) electrons. The number of anilines is 2. The molecule has 3 aromatic rings. The molecule has 1 atom stereocenters. The van der Waals surface area contributed by atoms with Crippen molar-refractivity contribution >= 4 is 23.2 Å². The number of carbonyl (C=O) groups excluding carboxylic acids is 2. The van der Waals surface area contributed by atoms with Gasteiger partial charge in [0.05, 0.1) is 7.11 Å². The number of ether oxygens (including phenoxy) is 1. The minimum absolute atomic E-state index is 0.00368. The Labute approximate surface area is 189 Å². The zero-order chi connectivity index (χ0) is 22.8. The highest BCUT2D eigenvalue weighted by molar-refractivity contribution is 6.14. The number of methoxy groups -OCH3 is 1. The molecule has 0 saturated carbocycles. The fourth-order valence-corrected chi connectivity index (χ4v) is 4.15. The third kappa shape index (κ3) is 3.98. The molecule has 0 bridgehead atoms. The van der Waals surface area contributed by atoms with Gasteiger partial charge in [0.2, 0.25) is 5.91 Å². The smallest absolute Gasteiger partial charge is 0.255 e. The first-order chi connectivity index (χ1) is 15.4. The molecule has 0 spiro atoms. The summed E-state index contributed by atoms with van der Waals surface area (Å²) in [5.74, 6) is 0.834. The molecule has 0 aromatic heterocycles. The molecular formula is C27H28N2O3. The summed E-state index contributed by atoms with van der Waals surface area (Å²) < 4.78 is 5.26. The van der Waals surface area contributed by atoms with Gasteiger partial charge in [-0.25, -0.2) is 0 Å². The number of carbonyl (C=O) groups is 2. The Balaban J connectivity index is 1.80. The van der Waals surface area contributed by atoms with Crippen molar-refractivity contribution in [2.75, 3.05) is 23.5 Å². The molecule has 164 valence electrons. The van der Waals surface area contributed by atoms with Crippen molar-refractivity contribution in [3.63, 3.8) is 0 Å². The SMILES string of the molecule is COc1ccc(N2C(=O)CN(c3ccccc3C)C(=O)C2c2ccc(C(C)C)cc2)cc1. The molecule has 5 nitrogen and oxygen atoms in total. The second-order valence-corrected chi connectivity index (χ2v) is 8.40. The van der Waals surface area contributed by atoms with Crippen LogP contribution in [-0.4, -0.2) is 25.5 Å². The quantitative estimate of drug-likeness (QED) is 0.558. The molecule has 0 N–H and O–H groups in total. The van der Waals surface area contributed by atoms with Gasteiger partial charge in [0, 0.05) is 11.4 Å². The fourth-order valence-electron chi connectivity index (χ4n) is 4.15. The van der Waals surface area contributed by atoms with Gasteiger partial charge in [-0.3, -0.25) is 14.5 Å². The zero-order valence-corrected chi connectivity index (χ0v) is 18.9. The highest BCUT2D eigenvalue weighted by Gasteiger charge is 2.42. The Bertz CT molecular complexity index is 1120. The lowest BCUT2D eigenvalue weighted by molar-refractivity contribution is -0.128. The maximum absolute atomic E-state index is 13.9. The normalized spacial score (nSPS) is 16.6. The Morgan fingerprint density at radius 3 is 2.16 bits per heavy atom. The Morgan fingerprint density at radius 1 is 0.906 bits per heavy atom. The molecule has 32 heavy (non-hydrogen) atoms. The van der Waals surface area contributed by atoms with E-state index >= 15 is 0 Å². The van der Waals surface area contributed by atoms with Crippen LogP contribution in [0, 0.1) is 6.92 Å². The summed E-state index contributed by atoms with van der Waals surface area (Å²) >= 11 is 0. The van der Waals surface area contributed by atoms with Gasteiger partial charge in [-0.1, -0.05) is 56.3 Å². The van der Waals surface area contributed by atoms with Crippen LogP contribution in [0.3, 0.4) is 0 Å². The molecule has 5 heteroatoms. The molecular weight excluding hydrogens is 400 g/mol. The summed E-state index contributed by atoms with van der Waals surface area (Å²) in [4.78, 5) is 30.5. The summed E-state index contributed by atoms with van der Waals surface area (Å²) in [7, 11) is 1.60. The van der Waals surface area contributed by atoms with Crippen molar-refractivity contribution in [1.82, 2.24) is 0 Å². The average molecular weight is 429 g/mol. The first-order valence-corrected chi connectivity index (χ1v) is 10.8. The van der Waals surface area contributed by atoms with Crippen molar-refractivity contribution < 1.29 is 14.3 Å². The van der Waals surface area contributed by atoms with E-state index in [0.717, 1.165) is 16.8 Å². The van der Waals surface area contributed by atoms with Crippen LogP contribution in [-0.2, 0) is 9.59 Å². The van der Waals surface area contributed by atoms with Crippen molar-refractivity contribution in [2.45, 2.75) is 32.7 Å². The van der Waals surface area contributed by atoms with Crippen molar-refractivity contribution in [3.8, 4) is 5.75 Å². The van der Waals surface area contributed by atoms with Crippen LogP contribution in [0.5, 0.6) is 5.75 Å². The summed E-state index contributed by atoms with van der Waals surface area (Å²) in [6.45, 7) is 6.22. The van der Waals surface area contributed by atoms with Crippen LogP contribution in [0.4, 0.5) is 11.4 Å². The number of aryl methyl sites for hydroxylation is 1. The molecule has 1 heterocycles. The number of nitrogens with zero attached hydrogens (tertiary/aromatic N) is 2. The van der Waals surface area contributed by atoms with E-state index in [1.807, 2.05) is 67.6 Å². The predicted octanol–water partition coefficient (Wildman–Crippen LogP) is 5.25. The van der Waals surface area contributed by atoms with E-state index in [4.69, 9.17) is 4.74 Å². The number of benzene rings is 3. The summed E-state index contributed by atoms with van der Waals surface area (Å²) in [5, 5.41) is 0. The number of hydrogen-bond donors (Lipinski definition) is 0. The maximum atomic E-state index is 13.9. The molecule has 1 saturated heterocycles. The highest BCUT2D eigenvalue weighted by atomic mass is 16.5. The maximum Gasteiger partial charge on any atom is 0.255 e. The monoisotopic (exact) mass is 428 g/mol. The molecule has 1 fully saturated rings. The third-order valence-electron chi connectivity index (χ3n) is 6.00. The van der Waals surface area contributed by atoms with Crippen molar-refractivity contribution in [3.05, 3.63) is 89.5 Å². The minimum atomic E-state index is -0.745. The van der Waals surface area contributed by atoms with E-state index in [1.165, 1.54) is 5.56 Å². The molecule has 1 aliphatic rings. The van der Waals surface area contributed by atoms with Gasteiger partial charge in [0.25, 0.3) is 5.91 Å². The first-order valence-electron chi connectivity index (χ1n) is 10.8. The van der Waals surface area contributed by atoms with Gasteiger partial charge in [-0.05, 0) is 59.9 Å². The Morgan fingerprint density at radius 2 is 1.56 bits per heavy atom. The van der Waals surface area contributed by atoms with Crippen molar-refractivity contribution in [2.24, 2.45) is 0 Å². The topological polar surface area (TPSA) is 49.9 Å². The van der Waals surface area contributed by atoms with Crippen LogP contribution in [0.25, 0.3) is 0 Å². The van der Waals surface area contributed by atoms with Gasteiger partial charge in [-0.2, -0.15) is 0 Å². The van der Waals surface area contributed by atoms with Gasteiger partial charge < -0.3 is 9.64 Å². The summed E-state index contributed by atoms with van der Waals surface area (Å²) in [5.41, 5.74) is 4.38. The van der Waals surface area contributed by atoms with Crippen LogP contribution in [0.15, 0.2) is 72.8 Å². The fraction of sp³-hybridized carbons (Fsp3) is 0.259. The van der Waals surface area contributed by atoms with Gasteiger partial charge in [0.1, 0.15) is 18.3 Å². The predicted molar refractivity (Wildman–Crippen MR) is 127 cm³/mol. The lowest BCUT2D eigenvalue weighted by Gasteiger charge is -2.41. The number of para-hydroxylation sites is 1. The average Bonchev–Trinajstić information content (AvgIpc) is 2.81. The number of rotatable bonds is 5. The third-order valence-corrected chi connectivity index (χ3v) is 6.00. The Hall–Kier alpha value is -3.60. The van der Waals surface area contributed by atoms with Gasteiger partial charge in [0.15, 0.2) is 0 Å². The van der Waals surface area contributed by atoms with Crippen LogP contribution in [0.2, 0.25) is 0 Å². The second-order valence-electron chi connectivity index (χ2n) is 8.40. The molecule has 0 aliphatic carbocycles. The number of piperazine rings is 1. The summed E-state index contributed by atoms with van der Waals surface area (Å²) in [6.07, 6.45) is 0. The van der Waals surface area contributed by atoms with Crippen LogP contribution >= 0.6 is 0 Å². The largest absolute Gasteiger partial charge is 0.497 e. The van der Waals surface area contributed by atoms with E-state index in [2.05, 4.69) is 13.8 Å². The van der Waals surface area contributed by atoms with Gasteiger partial charge in [-0.15, -0.1) is 0 Å². The molecule has 4 rings (SSSR count). The lowest BCUT2D eigenvalue weighted by Crippen LogP contribution is -2.56. The highest BCUT2D eigenvalue weighted by Crippen LogP contribution is 2.36. The molecule has 1 aliphatic heterocycles. The zero-order valence-electron chi connectivity index (χ0n) is 18.9. The van der Waals surface area contributed by atoms with E-state index in [0.29, 0.717) is 17.4 Å². The van der Waals surface area contributed by atoms with Gasteiger partial charge >= 0.3 is 0 Å². The van der Waals surface area contributed by atoms with Crippen LogP contribution < -0.4 is 14.5 Å². The van der Waals surface area contributed by atoms with E-state index in [-0.39, 0.29) is 18.4 Å². The molecule has 3 aromatic carbocycles. The first kappa shape index (κ1) is 21.6.